The van der Waals surface area contributed by atoms with Crippen LogP contribution >= 0.6 is 0 Å². The summed E-state index contributed by atoms with van der Waals surface area (Å²) < 4.78 is 24.9. The number of rotatable bonds is 2. The maximum Gasteiger partial charge on any atom is 0.179 e. The lowest BCUT2D eigenvalue weighted by molar-refractivity contribution is 0.237. The van der Waals surface area contributed by atoms with Crippen LogP contribution in [0.25, 0.3) is 0 Å². The Hall–Kier alpha value is -1.65. The number of fused-ring (bicyclic) bond motifs is 1. The zero-order valence-corrected chi connectivity index (χ0v) is 12.4. The predicted molar refractivity (Wildman–Crippen MR) is 82.2 cm³/mol. The highest BCUT2D eigenvalue weighted by Gasteiger charge is 2.51. The van der Waals surface area contributed by atoms with E-state index in [0.717, 1.165) is 18.7 Å². The van der Waals surface area contributed by atoms with E-state index in [-0.39, 0.29) is 17.1 Å². The Morgan fingerprint density at radius 2 is 1.62 bits per heavy atom. The number of nitrogens with one attached hydrogen (secondary N) is 1. The minimum absolute atomic E-state index is 0.0438. The Labute approximate surface area is 124 Å². The van der Waals surface area contributed by atoms with Gasteiger partial charge in [0.05, 0.1) is 10.6 Å². The van der Waals surface area contributed by atoms with Crippen molar-refractivity contribution in [3.05, 3.63) is 65.7 Å². The normalized spacial score (nSPS) is 25.0. The van der Waals surface area contributed by atoms with Crippen LogP contribution in [-0.4, -0.2) is 27.3 Å². The van der Waals surface area contributed by atoms with Gasteiger partial charge in [-0.2, -0.15) is 0 Å². The molecule has 4 heteroatoms. The molecule has 1 fully saturated rings. The Morgan fingerprint density at radius 3 is 2.29 bits per heavy atom. The molecule has 0 saturated carbocycles. The molecule has 0 amide bonds. The quantitative estimate of drug-likeness (QED) is 0.924. The molecule has 0 radical (unpaired) electrons. The molecule has 4 rings (SSSR count). The number of hydrogen-bond acceptors (Lipinski definition) is 3. The zero-order valence-electron chi connectivity index (χ0n) is 11.6. The first-order valence-electron chi connectivity index (χ1n) is 7.21. The molecule has 3 nitrogen and oxygen atoms in total. The maximum atomic E-state index is 12.5. The molecule has 0 bridgehead atoms. The van der Waals surface area contributed by atoms with Crippen LogP contribution in [0.4, 0.5) is 0 Å². The molecular formula is C17H17NO2S. The van der Waals surface area contributed by atoms with Gasteiger partial charge in [0.15, 0.2) is 9.84 Å². The molecule has 0 aromatic heterocycles. The van der Waals surface area contributed by atoms with Gasteiger partial charge < -0.3 is 5.32 Å². The summed E-state index contributed by atoms with van der Waals surface area (Å²) in [4.78, 5) is 0.525. The molecule has 2 aromatic carbocycles. The van der Waals surface area contributed by atoms with Gasteiger partial charge in [-0.1, -0.05) is 48.5 Å². The van der Waals surface area contributed by atoms with Crippen LogP contribution < -0.4 is 5.32 Å². The van der Waals surface area contributed by atoms with E-state index in [2.05, 4.69) is 17.4 Å². The molecular weight excluding hydrogens is 282 g/mol. The van der Waals surface area contributed by atoms with E-state index in [1.54, 1.807) is 6.07 Å². The van der Waals surface area contributed by atoms with Crippen LogP contribution in [0.15, 0.2) is 59.5 Å². The largest absolute Gasteiger partial charge is 0.315 e. The first kappa shape index (κ1) is 13.0. The average molecular weight is 299 g/mol. The molecule has 21 heavy (non-hydrogen) atoms. The zero-order chi connectivity index (χ0) is 14.5. The van der Waals surface area contributed by atoms with Gasteiger partial charge in [0.25, 0.3) is 0 Å². The van der Waals surface area contributed by atoms with Crippen LogP contribution in [0.2, 0.25) is 0 Å². The summed E-state index contributed by atoms with van der Waals surface area (Å²) >= 11 is 0. The lowest BCUT2D eigenvalue weighted by atomic mass is 9.64. The van der Waals surface area contributed by atoms with E-state index in [1.165, 1.54) is 5.56 Å². The van der Waals surface area contributed by atoms with Crippen LogP contribution in [0.1, 0.15) is 17.0 Å². The molecule has 108 valence electrons. The monoisotopic (exact) mass is 299 g/mol. The van der Waals surface area contributed by atoms with Gasteiger partial charge in [-0.25, -0.2) is 8.42 Å². The van der Waals surface area contributed by atoms with Crippen LogP contribution in [0, 0.1) is 0 Å². The van der Waals surface area contributed by atoms with Gasteiger partial charge in [0.1, 0.15) is 0 Å². The van der Waals surface area contributed by atoms with E-state index in [1.807, 2.05) is 36.4 Å². The lowest BCUT2D eigenvalue weighted by Gasteiger charge is -2.47. The van der Waals surface area contributed by atoms with E-state index < -0.39 is 9.84 Å². The summed E-state index contributed by atoms with van der Waals surface area (Å²) in [5.74, 6) is 0.269. The summed E-state index contributed by atoms with van der Waals surface area (Å²) in [6.45, 7) is 1.68. The minimum Gasteiger partial charge on any atom is -0.315 e. The molecule has 1 unspecified atom stereocenters. The van der Waals surface area contributed by atoms with Gasteiger partial charge in [-0.3, -0.25) is 0 Å². The number of sulfone groups is 1. The summed E-state index contributed by atoms with van der Waals surface area (Å²) in [7, 11) is -3.15. The predicted octanol–water partition coefficient (Wildman–Crippen LogP) is 2.10. The number of benzene rings is 2. The van der Waals surface area contributed by atoms with Gasteiger partial charge in [-0.15, -0.1) is 0 Å². The van der Waals surface area contributed by atoms with Crippen LogP contribution in [-0.2, 0) is 15.3 Å². The first-order chi connectivity index (χ1) is 10.1. The van der Waals surface area contributed by atoms with Crippen molar-refractivity contribution in [2.45, 2.75) is 16.2 Å². The molecule has 2 aliphatic rings. The topological polar surface area (TPSA) is 46.2 Å². The fourth-order valence-corrected chi connectivity index (χ4v) is 5.70. The highest BCUT2D eigenvalue weighted by molar-refractivity contribution is 7.91. The van der Waals surface area contributed by atoms with Crippen molar-refractivity contribution >= 4 is 9.84 Å². The average Bonchev–Trinajstić information content (AvgIpc) is 2.72. The van der Waals surface area contributed by atoms with Gasteiger partial charge in [-0.05, 0) is 17.2 Å². The summed E-state index contributed by atoms with van der Waals surface area (Å²) in [5, 5.41) is 3.34. The Balaban J connectivity index is 1.88. The molecule has 0 aliphatic carbocycles. The van der Waals surface area contributed by atoms with Gasteiger partial charge >= 0.3 is 0 Å². The molecule has 2 heterocycles. The molecule has 2 aromatic rings. The molecule has 1 atom stereocenters. The molecule has 2 aliphatic heterocycles. The van der Waals surface area contributed by atoms with Crippen molar-refractivity contribution in [3.8, 4) is 0 Å². The molecule has 1 saturated heterocycles. The summed E-state index contributed by atoms with van der Waals surface area (Å²) in [5.41, 5.74) is 2.13. The minimum atomic E-state index is -3.15. The van der Waals surface area contributed by atoms with Crippen molar-refractivity contribution in [3.63, 3.8) is 0 Å². The van der Waals surface area contributed by atoms with Crippen molar-refractivity contribution in [1.29, 1.82) is 0 Å². The van der Waals surface area contributed by atoms with Crippen LogP contribution in [0.5, 0.6) is 0 Å². The fourth-order valence-electron chi connectivity index (χ4n) is 3.72. The van der Waals surface area contributed by atoms with Crippen molar-refractivity contribution in [2.24, 2.45) is 0 Å². The molecule has 1 N–H and O–H groups in total. The van der Waals surface area contributed by atoms with E-state index in [0.29, 0.717) is 4.90 Å². The third kappa shape index (κ3) is 1.79. The second kappa shape index (κ2) is 4.42. The Morgan fingerprint density at radius 1 is 0.952 bits per heavy atom. The highest BCUT2D eigenvalue weighted by atomic mass is 32.2. The Bertz CT molecular complexity index is 779. The van der Waals surface area contributed by atoms with Gasteiger partial charge in [0.2, 0.25) is 0 Å². The van der Waals surface area contributed by atoms with Gasteiger partial charge in [0, 0.05) is 24.4 Å². The Kier molecular flexibility index (Phi) is 2.75. The SMILES string of the molecule is O=S1(=O)CC(C2(c3ccccc3)CNC2)c2ccccc21. The third-order valence-electron chi connectivity index (χ3n) is 4.91. The van der Waals surface area contributed by atoms with Crippen LogP contribution in [0.3, 0.4) is 0 Å². The van der Waals surface area contributed by atoms with Crippen molar-refractivity contribution in [2.75, 3.05) is 18.8 Å². The third-order valence-corrected chi connectivity index (χ3v) is 6.73. The van der Waals surface area contributed by atoms with Crippen molar-refractivity contribution < 1.29 is 8.42 Å². The smallest absolute Gasteiger partial charge is 0.179 e. The van der Waals surface area contributed by atoms with E-state index in [9.17, 15) is 8.42 Å². The maximum absolute atomic E-state index is 12.5. The van der Waals surface area contributed by atoms with E-state index in [4.69, 9.17) is 0 Å². The van der Waals surface area contributed by atoms with E-state index >= 15 is 0 Å². The lowest BCUT2D eigenvalue weighted by Crippen LogP contribution is -2.60. The fraction of sp³-hybridized carbons (Fsp3) is 0.294. The highest BCUT2D eigenvalue weighted by Crippen LogP contribution is 2.48. The standard InChI is InChI=1S/C17H17NO2S/c19-21(20)10-15(14-8-4-5-9-16(14)21)17(11-18-12-17)13-6-2-1-3-7-13/h1-9,15,18H,10-12H2. The number of hydrogen-bond donors (Lipinski definition) is 1. The molecule has 0 spiro atoms. The van der Waals surface area contributed by atoms with Crippen molar-refractivity contribution in [1.82, 2.24) is 5.32 Å². The second-order valence-corrected chi connectivity index (χ2v) is 8.00. The first-order valence-corrected chi connectivity index (χ1v) is 8.87. The summed E-state index contributed by atoms with van der Waals surface area (Å²) in [6.07, 6.45) is 0. The second-order valence-electron chi connectivity index (χ2n) is 6.00. The summed E-state index contributed by atoms with van der Waals surface area (Å²) in [6, 6.07) is 17.8.